The highest BCUT2D eigenvalue weighted by Crippen LogP contribution is 2.29. The zero-order valence-corrected chi connectivity index (χ0v) is 9.05. The van der Waals surface area contributed by atoms with Gasteiger partial charge in [-0.25, -0.2) is 0 Å². The van der Waals surface area contributed by atoms with E-state index in [-0.39, 0.29) is 0 Å². The molecule has 0 heterocycles. The van der Waals surface area contributed by atoms with Crippen molar-refractivity contribution in [1.29, 1.82) is 0 Å². The van der Waals surface area contributed by atoms with Crippen molar-refractivity contribution in [1.82, 2.24) is 0 Å². The van der Waals surface area contributed by atoms with Crippen LogP contribution in [0.1, 0.15) is 25.0 Å². The maximum absolute atomic E-state index is 12.2. The SMILES string of the molecule is CC(C)(O)/C=C/c1ccc(C(F)(F)F)cc1. The van der Waals surface area contributed by atoms with Crippen LogP contribution in [0.15, 0.2) is 30.3 Å². The van der Waals surface area contributed by atoms with Crippen LogP contribution in [0.3, 0.4) is 0 Å². The minimum absolute atomic E-state index is 0.620. The summed E-state index contributed by atoms with van der Waals surface area (Å²) in [6.45, 7) is 3.18. The fourth-order valence-corrected chi connectivity index (χ4v) is 1.08. The average molecular weight is 230 g/mol. The van der Waals surface area contributed by atoms with Crippen molar-refractivity contribution in [2.45, 2.75) is 25.6 Å². The van der Waals surface area contributed by atoms with E-state index in [1.807, 2.05) is 0 Å². The molecule has 0 unspecified atom stereocenters. The Morgan fingerprint density at radius 1 is 1.06 bits per heavy atom. The topological polar surface area (TPSA) is 20.2 Å². The van der Waals surface area contributed by atoms with Crippen molar-refractivity contribution in [3.05, 3.63) is 41.5 Å². The van der Waals surface area contributed by atoms with Crippen LogP contribution in [0.2, 0.25) is 0 Å². The van der Waals surface area contributed by atoms with Crippen LogP contribution in [-0.4, -0.2) is 10.7 Å². The summed E-state index contributed by atoms with van der Waals surface area (Å²) in [5, 5.41) is 9.40. The lowest BCUT2D eigenvalue weighted by molar-refractivity contribution is -0.137. The molecule has 16 heavy (non-hydrogen) atoms. The maximum atomic E-state index is 12.2. The van der Waals surface area contributed by atoms with Gasteiger partial charge in [-0.2, -0.15) is 13.2 Å². The molecule has 0 aliphatic rings. The number of hydrogen-bond donors (Lipinski definition) is 1. The summed E-state index contributed by atoms with van der Waals surface area (Å²) in [6.07, 6.45) is -1.20. The van der Waals surface area contributed by atoms with Gasteiger partial charge in [0, 0.05) is 0 Å². The third kappa shape index (κ3) is 4.06. The first kappa shape index (κ1) is 12.8. The summed E-state index contributed by atoms with van der Waals surface area (Å²) in [6, 6.07) is 4.77. The first-order valence-electron chi connectivity index (χ1n) is 4.77. The standard InChI is InChI=1S/C12H13F3O/c1-11(2,16)8-7-9-3-5-10(6-4-9)12(13,14)15/h3-8,16H,1-2H3/b8-7+. The summed E-state index contributed by atoms with van der Waals surface area (Å²) >= 11 is 0. The first-order valence-corrected chi connectivity index (χ1v) is 4.77. The molecule has 0 fully saturated rings. The second kappa shape index (κ2) is 4.29. The monoisotopic (exact) mass is 230 g/mol. The molecule has 88 valence electrons. The van der Waals surface area contributed by atoms with E-state index in [0.717, 1.165) is 12.1 Å². The minimum atomic E-state index is -4.31. The Bertz CT molecular complexity index is 369. The molecule has 0 radical (unpaired) electrons. The van der Waals surface area contributed by atoms with E-state index in [1.54, 1.807) is 19.9 Å². The van der Waals surface area contributed by atoms with E-state index >= 15 is 0 Å². The van der Waals surface area contributed by atoms with Crippen LogP contribution in [0.4, 0.5) is 13.2 Å². The molecule has 0 amide bonds. The maximum Gasteiger partial charge on any atom is 0.416 e. The second-order valence-corrected chi connectivity index (χ2v) is 4.11. The number of halogens is 3. The molecule has 0 spiro atoms. The molecular formula is C12H13F3O. The van der Waals surface area contributed by atoms with E-state index in [0.29, 0.717) is 5.56 Å². The largest absolute Gasteiger partial charge is 0.416 e. The van der Waals surface area contributed by atoms with Gasteiger partial charge in [0.15, 0.2) is 0 Å². The summed E-state index contributed by atoms with van der Waals surface area (Å²) < 4.78 is 36.7. The van der Waals surface area contributed by atoms with Crippen LogP contribution in [0.25, 0.3) is 6.08 Å². The van der Waals surface area contributed by atoms with Crippen LogP contribution >= 0.6 is 0 Å². The van der Waals surface area contributed by atoms with E-state index in [2.05, 4.69) is 0 Å². The Morgan fingerprint density at radius 2 is 1.56 bits per heavy atom. The molecule has 0 aliphatic carbocycles. The zero-order valence-electron chi connectivity index (χ0n) is 9.05. The number of rotatable bonds is 2. The van der Waals surface area contributed by atoms with Crippen molar-refractivity contribution in [3.8, 4) is 0 Å². The summed E-state index contributed by atoms with van der Waals surface area (Å²) in [5.41, 5.74) is -1.02. The lowest BCUT2D eigenvalue weighted by Gasteiger charge is -2.10. The molecule has 4 heteroatoms. The summed E-state index contributed by atoms with van der Waals surface area (Å²) in [5.74, 6) is 0. The van der Waals surface area contributed by atoms with Gasteiger partial charge in [-0.3, -0.25) is 0 Å². The third-order valence-electron chi connectivity index (χ3n) is 1.92. The molecule has 1 nitrogen and oxygen atoms in total. The Hall–Kier alpha value is -1.29. The highest BCUT2D eigenvalue weighted by atomic mass is 19.4. The van der Waals surface area contributed by atoms with E-state index in [4.69, 9.17) is 0 Å². The molecule has 0 aliphatic heterocycles. The molecule has 1 aromatic carbocycles. The van der Waals surface area contributed by atoms with Gasteiger partial charge in [-0.1, -0.05) is 24.3 Å². The van der Waals surface area contributed by atoms with Crippen molar-refractivity contribution in [3.63, 3.8) is 0 Å². The minimum Gasteiger partial charge on any atom is -0.386 e. The third-order valence-corrected chi connectivity index (χ3v) is 1.92. The average Bonchev–Trinajstić information content (AvgIpc) is 2.13. The van der Waals surface area contributed by atoms with Gasteiger partial charge in [0.1, 0.15) is 0 Å². The molecule has 0 bridgehead atoms. The van der Waals surface area contributed by atoms with Crippen LogP contribution in [-0.2, 0) is 6.18 Å². The fourth-order valence-electron chi connectivity index (χ4n) is 1.08. The number of benzene rings is 1. The van der Waals surface area contributed by atoms with Crippen molar-refractivity contribution < 1.29 is 18.3 Å². The summed E-state index contributed by atoms with van der Waals surface area (Å²) in [4.78, 5) is 0. The summed E-state index contributed by atoms with van der Waals surface area (Å²) in [7, 11) is 0. The lowest BCUT2D eigenvalue weighted by atomic mass is 10.1. The Kier molecular flexibility index (Phi) is 3.43. The molecule has 1 aromatic rings. The second-order valence-electron chi connectivity index (χ2n) is 4.11. The quantitative estimate of drug-likeness (QED) is 0.824. The van der Waals surface area contributed by atoms with E-state index in [9.17, 15) is 18.3 Å². The number of aliphatic hydroxyl groups is 1. The van der Waals surface area contributed by atoms with Gasteiger partial charge in [0.25, 0.3) is 0 Å². The van der Waals surface area contributed by atoms with E-state index < -0.39 is 17.3 Å². The molecule has 0 saturated heterocycles. The Balaban J connectivity index is 2.85. The molecule has 0 aromatic heterocycles. The number of alkyl halides is 3. The van der Waals surface area contributed by atoms with E-state index in [1.165, 1.54) is 18.2 Å². The predicted octanol–water partition coefficient (Wildman–Crippen LogP) is 3.49. The fraction of sp³-hybridized carbons (Fsp3) is 0.333. The van der Waals surface area contributed by atoms with Crippen LogP contribution in [0.5, 0.6) is 0 Å². The highest BCUT2D eigenvalue weighted by molar-refractivity contribution is 5.51. The van der Waals surface area contributed by atoms with Gasteiger partial charge in [0.2, 0.25) is 0 Å². The van der Waals surface area contributed by atoms with Crippen molar-refractivity contribution in [2.75, 3.05) is 0 Å². The molecular weight excluding hydrogens is 217 g/mol. The first-order chi connectivity index (χ1) is 7.18. The molecule has 0 atom stereocenters. The lowest BCUT2D eigenvalue weighted by Crippen LogP contribution is -2.13. The van der Waals surface area contributed by atoms with Gasteiger partial charge in [-0.05, 0) is 31.5 Å². The molecule has 1 N–H and O–H groups in total. The predicted molar refractivity (Wildman–Crippen MR) is 56.8 cm³/mol. The van der Waals surface area contributed by atoms with Crippen molar-refractivity contribution in [2.24, 2.45) is 0 Å². The van der Waals surface area contributed by atoms with Gasteiger partial charge < -0.3 is 5.11 Å². The Labute approximate surface area is 92.2 Å². The van der Waals surface area contributed by atoms with Gasteiger partial charge in [0.05, 0.1) is 11.2 Å². The molecule has 1 rings (SSSR count). The molecule has 0 saturated carbocycles. The number of hydrogen-bond acceptors (Lipinski definition) is 1. The smallest absolute Gasteiger partial charge is 0.386 e. The van der Waals surface area contributed by atoms with Gasteiger partial charge in [-0.15, -0.1) is 0 Å². The van der Waals surface area contributed by atoms with Crippen LogP contribution in [0, 0.1) is 0 Å². The highest BCUT2D eigenvalue weighted by Gasteiger charge is 2.29. The zero-order chi connectivity index (χ0) is 12.4. The Morgan fingerprint density at radius 3 is 1.94 bits per heavy atom. The normalized spacial score (nSPS) is 13.4. The van der Waals surface area contributed by atoms with Crippen molar-refractivity contribution >= 4 is 6.08 Å². The van der Waals surface area contributed by atoms with Gasteiger partial charge >= 0.3 is 6.18 Å². The van der Waals surface area contributed by atoms with Crippen LogP contribution < -0.4 is 0 Å².